The Bertz CT molecular complexity index is 453. The predicted octanol–water partition coefficient (Wildman–Crippen LogP) is 3.53. The molecule has 0 aliphatic rings. The fourth-order valence-corrected chi connectivity index (χ4v) is 2.93. The zero-order valence-corrected chi connectivity index (χ0v) is 12.8. The summed E-state index contributed by atoms with van der Waals surface area (Å²) in [6.07, 6.45) is 2.13. The number of aromatic nitrogens is 1. The van der Waals surface area contributed by atoms with Gasteiger partial charge in [0.2, 0.25) is 0 Å². The van der Waals surface area contributed by atoms with Crippen LogP contribution in [0.25, 0.3) is 0 Å². The van der Waals surface area contributed by atoms with Gasteiger partial charge in [-0.2, -0.15) is 0 Å². The minimum Gasteiger partial charge on any atom is -0.319 e. The number of hydrogen-bond acceptors (Lipinski definition) is 3. The molecule has 0 bridgehead atoms. The fourth-order valence-electron chi connectivity index (χ4n) is 2.09. The number of halogens is 1. The van der Waals surface area contributed by atoms with Gasteiger partial charge in [-0.1, -0.05) is 28.1 Å². The second-order valence-corrected chi connectivity index (χ2v) is 6.07. The molecule has 0 saturated heterocycles. The van der Waals surface area contributed by atoms with Crippen LogP contribution in [0.4, 0.5) is 0 Å². The lowest BCUT2D eigenvalue weighted by molar-refractivity contribution is 0.489. The molecular weight excluding hydrogens is 308 g/mol. The van der Waals surface area contributed by atoms with Crippen LogP contribution >= 0.6 is 27.3 Å². The van der Waals surface area contributed by atoms with Crippen LogP contribution in [-0.2, 0) is 12.8 Å². The molecule has 1 aromatic heterocycles. The van der Waals surface area contributed by atoms with Gasteiger partial charge >= 0.3 is 0 Å². The van der Waals surface area contributed by atoms with E-state index in [4.69, 9.17) is 0 Å². The first-order valence-electron chi connectivity index (χ1n) is 6.04. The summed E-state index contributed by atoms with van der Waals surface area (Å²) in [5.74, 6) is 0.596. The van der Waals surface area contributed by atoms with Gasteiger partial charge in [-0.3, -0.25) is 0 Å². The third-order valence-electron chi connectivity index (χ3n) is 2.91. The summed E-state index contributed by atoms with van der Waals surface area (Å²) >= 11 is 5.14. The van der Waals surface area contributed by atoms with Crippen LogP contribution in [0.1, 0.15) is 11.3 Å². The highest BCUT2D eigenvalue weighted by Crippen LogP contribution is 2.17. The molecule has 2 nitrogen and oxygen atoms in total. The van der Waals surface area contributed by atoms with Crippen LogP contribution in [0.15, 0.2) is 39.6 Å². The molecule has 1 N–H and O–H groups in total. The number of nitrogens with zero attached hydrogens (tertiary/aromatic N) is 1. The van der Waals surface area contributed by atoms with E-state index in [0.717, 1.165) is 23.9 Å². The zero-order valence-electron chi connectivity index (χ0n) is 10.4. The third kappa shape index (κ3) is 4.19. The summed E-state index contributed by atoms with van der Waals surface area (Å²) in [6.45, 7) is 1.02. The Morgan fingerprint density at radius 3 is 2.67 bits per heavy atom. The summed E-state index contributed by atoms with van der Waals surface area (Å²) < 4.78 is 1.14. The van der Waals surface area contributed by atoms with E-state index in [-0.39, 0.29) is 0 Å². The van der Waals surface area contributed by atoms with E-state index < -0.39 is 0 Å². The quantitative estimate of drug-likeness (QED) is 0.879. The molecule has 1 heterocycles. The van der Waals surface area contributed by atoms with Crippen molar-refractivity contribution < 1.29 is 0 Å². The summed E-state index contributed by atoms with van der Waals surface area (Å²) in [5, 5.41) is 5.42. The van der Waals surface area contributed by atoms with Crippen molar-refractivity contribution in [1.29, 1.82) is 0 Å². The molecule has 0 radical (unpaired) electrons. The Morgan fingerprint density at radius 1 is 1.28 bits per heavy atom. The Kier molecular flexibility index (Phi) is 5.35. The van der Waals surface area contributed by atoms with Crippen molar-refractivity contribution in [3.05, 3.63) is 50.9 Å². The molecule has 0 saturated carbocycles. The Balaban J connectivity index is 1.99. The molecule has 1 unspecified atom stereocenters. The Morgan fingerprint density at radius 2 is 2.06 bits per heavy atom. The van der Waals surface area contributed by atoms with E-state index in [0.29, 0.717) is 5.92 Å². The molecular formula is C14H17BrN2S. The first-order chi connectivity index (χ1) is 8.78. The molecule has 0 aliphatic heterocycles. The standard InChI is InChI=1S/C14H17BrN2S/c1-16-8-12(7-14-9-18-10-17-14)6-11-2-4-13(15)5-3-11/h2-5,9-10,12,16H,6-8H2,1H3. The second kappa shape index (κ2) is 7.02. The van der Waals surface area contributed by atoms with Crippen molar-refractivity contribution in [2.24, 2.45) is 5.92 Å². The summed E-state index contributed by atoms with van der Waals surface area (Å²) in [4.78, 5) is 4.38. The van der Waals surface area contributed by atoms with Crippen molar-refractivity contribution in [3.63, 3.8) is 0 Å². The molecule has 1 aromatic carbocycles. The van der Waals surface area contributed by atoms with E-state index in [9.17, 15) is 0 Å². The molecule has 4 heteroatoms. The van der Waals surface area contributed by atoms with Crippen molar-refractivity contribution >= 4 is 27.3 Å². The monoisotopic (exact) mass is 324 g/mol. The van der Waals surface area contributed by atoms with Gasteiger partial charge in [-0.25, -0.2) is 4.98 Å². The van der Waals surface area contributed by atoms with Crippen LogP contribution < -0.4 is 5.32 Å². The number of rotatable bonds is 6. The van der Waals surface area contributed by atoms with Gasteiger partial charge in [-0.05, 0) is 50.0 Å². The number of nitrogens with one attached hydrogen (secondary N) is 1. The average Bonchev–Trinajstić information content (AvgIpc) is 2.85. The van der Waals surface area contributed by atoms with E-state index in [1.165, 1.54) is 11.3 Å². The molecule has 0 aliphatic carbocycles. The van der Waals surface area contributed by atoms with Gasteiger partial charge in [0.25, 0.3) is 0 Å². The lowest BCUT2D eigenvalue weighted by Gasteiger charge is -2.15. The average molecular weight is 325 g/mol. The minimum atomic E-state index is 0.596. The highest BCUT2D eigenvalue weighted by Gasteiger charge is 2.11. The zero-order chi connectivity index (χ0) is 12.8. The van der Waals surface area contributed by atoms with E-state index in [1.54, 1.807) is 11.3 Å². The van der Waals surface area contributed by atoms with Crippen molar-refractivity contribution in [2.75, 3.05) is 13.6 Å². The smallest absolute Gasteiger partial charge is 0.0794 e. The highest BCUT2D eigenvalue weighted by molar-refractivity contribution is 9.10. The molecule has 0 amide bonds. The van der Waals surface area contributed by atoms with Gasteiger partial charge in [0.15, 0.2) is 0 Å². The van der Waals surface area contributed by atoms with Crippen LogP contribution in [0.2, 0.25) is 0 Å². The number of hydrogen-bond donors (Lipinski definition) is 1. The molecule has 1 atom stereocenters. The van der Waals surface area contributed by atoms with Crippen LogP contribution in [-0.4, -0.2) is 18.6 Å². The summed E-state index contributed by atoms with van der Waals surface area (Å²) in [5.41, 5.74) is 4.50. The minimum absolute atomic E-state index is 0.596. The van der Waals surface area contributed by atoms with Crippen LogP contribution in [0, 0.1) is 5.92 Å². The molecule has 2 aromatic rings. The van der Waals surface area contributed by atoms with Crippen LogP contribution in [0.5, 0.6) is 0 Å². The largest absolute Gasteiger partial charge is 0.319 e. The maximum atomic E-state index is 4.38. The highest BCUT2D eigenvalue weighted by atomic mass is 79.9. The van der Waals surface area contributed by atoms with E-state index in [1.807, 2.05) is 12.6 Å². The predicted molar refractivity (Wildman–Crippen MR) is 81.1 cm³/mol. The maximum Gasteiger partial charge on any atom is 0.0794 e. The summed E-state index contributed by atoms with van der Waals surface area (Å²) in [7, 11) is 2.01. The molecule has 0 fully saturated rings. The number of benzene rings is 1. The SMILES string of the molecule is CNCC(Cc1ccc(Br)cc1)Cc1cscn1. The molecule has 18 heavy (non-hydrogen) atoms. The lowest BCUT2D eigenvalue weighted by Crippen LogP contribution is -2.22. The Labute approximate surface area is 121 Å². The van der Waals surface area contributed by atoms with Gasteiger partial charge < -0.3 is 5.32 Å². The normalized spacial score (nSPS) is 12.6. The Hall–Kier alpha value is -0.710. The molecule has 2 rings (SSSR count). The first kappa shape index (κ1) is 13.7. The molecule has 0 spiro atoms. The van der Waals surface area contributed by atoms with Crippen molar-refractivity contribution in [1.82, 2.24) is 10.3 Å². The van der Waals surface area contributed by atoms with Gasteiger partial charge in [0.1, 0.15) is 0 Å². The fraction of sp³-hybridized carbons (Fsp3) is 0.357. The second-order valence-electron chi connectivity index (χ2n) is 4.44. The van der Waals surface area contributed by atoms with Gasteiger partial charge in [0, 0.05) is 9.85 Å². The first-order valence-corrected chi connectivity index (χ1v) is 7.77. The maximum absolute atomic E-state index is 4.38. The van der Waals surface area contributed by atoms with Crippen molar-refractivity contribution in [2.45, 2.75) is 12.8 Å². The molecule has 96 valence electrons. The van der Waals surface area contributed by atoms with Crippen LogP contribution in [0.3, 0.4) is 0 Å². The summed E-state index contributed by atoms with van der Waals surface area (Å²) in [6, 6.07) is 8.59. The van der Waals surface area contributed by atoms with E-state index >= 15 is 0 Å². The topological polar surface area (TPSA) is 24.9 Å². The van der Waals surface area contributed by atoms with Gasteiger partial charge in [-0.15, -0.1) is 11.3 Å². The van der Waals surface area contributed by atoms with Gasteiger partial charge in [0.05, 0.1) is 11.2 Å². The lowest BCUT2D eigenvalue weighted by atomic mass is 9.95. The number of thiazole rings is 1. The van der Waals surface area contributed by atoms with E-state index in [2.05, 4.69) is 55.9 Å². The third-order valence-corrected chi connectivity index (χ3v) is 4.08. The van der Waals surface area contributed by atoms with Crippen molar-refractivity contribution in [3.8, 4) is 0 Å².